The predicted octanol–water partition coefficient (Wildman–Crippen LogP) is 4.02. The summed E-state index contributed by atoms with van der Waals surface area (Å²) < 4.78 is 1.20. The standard InChI is InChI=1S/C12H15BrN2S2/c1-8-7-11(17-12(8)13)10(15-14)5-4-9-3-2-6-16-9/h2-3,6-7,10,15H,4-5,14H2,1H3. The third-order valence-corrected chi connectivity index (χ3v) is 5.87. The summed E-state index contributed by atoms with van der Waals surface area (Å²) in [5.74, 6) is 5.65. The Morgan fingerprint density at radius 1 is 1.53 bits per heavy atom. The Kier molecular flexibility index (Phi) is 4.76. The number of halogens is 1. The lowest BCUT2D eigenvalue weighted by molar-refractivity contribution is 0.526. The van der Waals surface area contributed by atoms with Crippen molar-refractivity contribution in [3.63, 3.8) is 0 Å². The molecule has 2 aromatic heterocycles. The van der Waals surface area contributed by atoms with E-state index < -0.39 is 0 Å². The van der Waals surface area contributed by atoms with Crippen LogP contribution >= 0.6 is 38.6 Å². The maximum Gasteiger partial charge on any atom is 0.0731 e. The van der Waals surface area contributed by atoms with Crippen LogP contribution in [0, 0.1) is 6.92 Å². The van der Waals surface area contributed by atoms with E-state index in [9.17, 15) is 0 Å². The average molecular weight is 331 g/mol. The van der Waals surface area contributed by atoms with E-state index in [1.165, 1.54) is 19.1 Å². The molecule has 0 radical (unpaired) electrons. The van der Waals surface area contributed by atoms with Crippen molar-refractivity contribution in [2.45, 2.75) is 25.8 Å². The number of nitrogens with one attached hydrogen (secondary N) is 1. The van der Waals surface area contributed by atoms with Gasteiger partial charge in [0.05, 0.1) is 9.83 Å². The largest absolute Gasteiger partial charge is 0.271 e. The minimum Gasteiger partial charge on any atom is -0.271 e. The lowest BCUT2D eigenvalue weighted by Crippen LogP contribution is -2.27. The van der Waals surface area contributed by atoms with Gasteiger partial charge in [0.25, 0.3) is 0 Å². The first-order valence-electron chi connectivity index (χ1n) is 5.45. The van der Waals surface area contributed by atoms with Gasteiger partial charge in [0.15, 0.2) is 0 Å². The Morgan fingerprint density at radius 2 is 2.35 bits per heavy atom. The minimum absolute atomic E-state index is 0.243. The van der Waals surface area contributed by atoms with Crippen LogP contribution in [-0.2, 0) is 6.42 Å². The molecule has 0 saturated heterocycles. The second-order valence-corrected chi connectivity index (χ2v) is 7.38. The molecule has 2 nitrogen and oxygen atoms in total. The average Bonchev–Trinajstić information content (AvgIpc) is 2.91. The fourth-order valence-electron chi connectivity index (χ4n) is 1.70. The smallest absolute Gasteiger partial charge is 0.0731 e. The highest BCUT2D eigenvalue weighted by molar-refractivity contribution is 9.11. The summed E-state index contributed by atoms with van der Waals surface area (Å²) in [5, 5.41) is 2.12. The quantitative estimate of drug-likeness (QED) is 0.641. The van der Waals surface area contributed by atoms with E-state index in [2.05, 4.69) is 51.9 Å². The summed E-state index contributed by atoms with van der Waals surface area (Å²) in [6, 6.07) is 6.71. The van der Waals surface area contributed by atoms with Gasteiger partial charge in [-0.1, -0.05) is 6.07 Å². The molecule has 17 heavy (non-hydrogen) atoms. The molecule has 92 valence electrons. The molecule has 0 bridgehead atoms. The van der Waals surface area contributed by atoms with Crippen LogP contribution in [0.1, 0.15) is 27.8 Å². The van der Waals surface area contributed by atoms with Crippen LogP contribution < -0.4 is 11.3 Å². The van der Waals surface area contributed by atoms with E-state index in [1.807, 2.05) is 0 Å². The predicted molar refractivity (Wildman–Crippen MR) is 79.5 cm³/mol. The van der Waals surface area contributed by atoms with E-state index in [0.717, 1.165) is 12.8 Å². The van der Waals surface area contributed by atoms with Gasteiger partial charge in [0.2, 0.25) is 0 Å². The van der Waals surface area contributed by atoms with Gasteiger partial charge in [-0.3, -0.25) is 11.3 Å². The highest BCUT2D eigenvalue weighted by Crippen LogP contribution is 2.33. The van der Waals surface area contributed by atoms with Gasteiger partial charge < -0.3 is 0 Å². The number of hydrogen-bond acceptors (Lipinski definition) is 4. The molecule has 2 aromatic rings. The van der Waals surface area contributed by atoms with E-state index in [1.54, 1.807) is 22.7 Å². The Morgan fingerprint density at radius 3 is 2.88 bits per heavy atom. The summed E-state index contributed by atoms with van der Waals surface area (Å²) in [7, 11) is 0. The van der Waals surface area contributed by atoms with Gasteiger partial charge in [-0.25, -0.2) is 0 Å². The van der Waals surface area contributed by atoms with Crippen LogP contribution in [0.4, 0.5) is 0 Å². The van der Waals surface area contributed by atoms with Gasteiger partial charge >= 0.3 is 0 Å². The van der Waals surface area contributed by atoms with Crippen molar-refractivity contribution < 1.29 is 0 Å². The molecule has 0 saturated carbocycles. The topological polar surface area (TPSA) is 38.0 Å². The molecule has 0 spiro atoms. The first kappa shape index (κ1) is 13.2. The second kappa shape index (κ2) is 6.11. The fourth-order valence-corrected chi connectivity index (χ4v) is 4.10. The van der Waals surface area contributed by atoms with Crippen molar-refractivity contribution >= 4 is 38.6 Å². The highest BCUT2D eigenvalue weighted by Gasteiger charge is 2.14. The molecule has 1 unspecified atom stereocenters. The van der Waals surface area contributed by atoms with Gasteiger partial charge in [0, 0.05) is 9.75 Å². The molecular weight excluding hydrogens is 316 g/mol. The zero-order chi connectivity index (χ0) is 12.3. The lowest BCUT2D eigenvalue weighted by Gasteiger charge is -2.13. The third kappa shape index (κ3) is 3.39. The van der Waals surface area contributed by atoms with Crippen molar-refractivity contribution in [1.82, 2.24) is 5.43 Å². The van der Waals surface area contributed by atoms with Crippen molar-refractivity contribution in [1.29, 1.82) is 0 Å². The second-order valence-electron chi connectivity index (χ2n) is 3.94. The number of hydrogen-bond donors (Lipinski definition) is 2. The number of rotatable bonds is 5. The fraction of sp³-hybridized carbons (Fsp3) is 0.333. The maximum absolute atomic E-state index is 5.65. The molecule has 2 rings (SSSR count). The minimum atomic E-state index is 0.243. The molecular formula is C12H15BrN2S2. The molecule has 0 amide bonds. The Hall–Kier alpha value is -0.200. The number of aryl methyl sites for hydroxylation is 2. The van der Waals surface area contributed by atoms with Gasteiger partial charge in [-0.2, -0.15) is 0 Å². The van der Waals surface area contributed by atoms with Gasteiger partial charge in [-0.15, -0.1) is 22.7 Å². The van der Waals surface area contributed by atoms with Crippen LogP contribution in [0.25, 0.3) is 0 Å². The number of thiophene rings is 2. The first-order chi connectivity index (χ1) is 8.20. The first-order valence-corrected chi connectivity index (χ1v) is 7.94. The molecule has 0 aliphatic rings. The lowest BCUT2D eigenvalue weighted by atomic mass is 10.1. The summed E-state index contributed by atoms with van der Waals surface area (Å²) in [6.07, 6.45) is 2.10. The molecule has 0 aromatic carbocycles. The van der Waals surface area contributed by atoms with E-state index in [0.29, 0.717) is 0 Å². The van der Waals surface area contributed by atoms with Crippen LogP contribution in [0.15, 0.2) is 27.4 Å². The summed E-state index contributed by atoms with van der Waals surface area (Å²) in [6.45, 7) is 2.11. The monoisotopic (exact) mass is 330 g/mol. The zero-order valence-corrected chi connectivity index (χ0v) is 12.8. The van der Waals surface area contributed by atoms with Crippen molar-refractivity contribution in [3.8, 4) is 0 Å². The van der Waals surface area contributed by atoms with Crippen molar-refractivity contribution in [3.05, 3.63) is 42.7 Å². The Bertz CT molecular complexity index is 445. The molecule has 3 N–H and O–H groups in total. The molecule has 1 atom stereocenters. The SMILES string of the molecule is Cc1cc(C(CCc2cccs2)NN)sc1Br. The zero-order valence-electron chi connectivity index (χ0n) is 9.57. The molecule has 0 aliphatic carbocycles. The molecule has 0 fully saturated rings. The summed E-state index contributed by atoms with van der Waals surface area (Å²) in [5.41, 5.74) is 4.19. The van der Waals surface area contributed by atoms with Crippen LogP contribution in [0.5, 0.6) is 0 Å². The molecule has 2 heterocycles. The molecule has 0 aliphatic heterocycles. The molecule has 5 heteroatoms. The normalized spacial score (nSPS) is 12.9. The maximum atomic E-state index is 5.65. The summed E-state index contributed by atoms with van der Waals surface area (Å²) in [4.78, 5) is 2.71. The van der Waals surface area contributed by atoms with Crippen LogP contribution in [0.3, 0.4) is 0 Å². The number of nitrogens with two attached hydrogens (primary N) is 1. The van der Waals surface area contributed by atoms with Crippen molar-refractivity contribution in [2.24, 2.45) is 5.84 Å². The van der Waals surface area contributed by atoms with Gasteiger partial charge in [-0.05, 0) is 58.8 Å². The third-order valence-electron chi connectivity index (χ3n) is 2.68. The van der Waals surface area contributed by atoms with Gasteiger partial charge in [0.1, 0.15) is 0 Å². The highest BCUT2D eigenvalue weighted by atomic mass is 79.9. The number of hydrazine groups is 1. The van der Waals surface area contributed by atoms with Crippen LogP contribution in [-0.4, -0.2) is 0 Å². The summed E-state index contributed by atoms with van der Waals surface area (Å²) >= 11 is 7.12. The van der Waals surface area contributed by atoms with E-state index >= 15 is 0 Å². The Balaban J connectivity index is 2.01. The van der Waals surface area contributed by atoms with E-state index in [-0.39, 0.29) is 6.04 Å². The Labute approximate surface area is 118 Å². The van der Waals surface area contributed by atoms with Crippen molar-refractivity contribution in [2.75, 3.05) is 0 Å². The van der Waals surface area contributed by atoms with E-state index in [4.69, 9.17) is 5.84 Å². The van der Waals surface area contributed by atoms with Crippen LogP contribution in [0.2, 0.25) is 0 Å².